The van der Waals surface area contributed by atoms with Gasteiger partial charge in [-0.1, -0.05) is 0 Å². The monoisotopic (exact) mass is 247 g/mol. The Labute approximate surface area is 106 Å². The highest BCUT2D eigenvalue weighted by molar-refractivity contribution is 5.95. The van der Waals surface area contributed by atoms with Gasteiger partial charge in [0.15, 0.2) is 0 Å². The molecule has 6 nitrogen and oxygen atoms in total. The smallest absolute Gasteiger partial charge is 0.254 e. The zero-order chi connectivity index (χ0) is 13.5. The average Bonchev–Trinajstić information content (AvgIpc) is 2.38. The highest BCUT2D eigenvalue weighted by Gasteiger charge is 2.18. The van der Waals surface area contributed by atoms with Gasteiger partial charge in [-0.3, -0.25) is 4.79 Å². The van der Waals surface area contributed by atoms with Crippen LogP contribution >= 0.6 is 0 Å². The van der Waals surface area contributed by atoms with Gasteiger partial charge in [-0.15, -0.1) is 0 Å². The molecule has 1 amide bonds. The molecule has 0 aromatic carbocycles. The minimum atomic E-state index is -0.126. The standard InChI is InChI=1S/C12H17N5O/c1-9(2)17(7-3-5-13)12(18)10-4-6-15-11(8-10)16-14/h4,6,8-9H,3,7,14H2,1-2H3,(H,15,16). The van der Waals surface area contributed by atoms with Gasteiger partial charge in [0.1, 0.15) is 5.82 Å². The van der Waals surface area contributed by atoms with E-state index in [4.69, 9.17) is 11.1 Å². The van der Waals surface area contributed by atoms with Crippen molar-refractivity contribution in [2.45, 2.75) is 26.3 Å². The van der Waals surface area contributed by atoms with Crippen molar-refractivity contribution in [3.63, 3.8) is 0 Å². The Morgan fingerprint density at radius 1 is 1.67 bits per heavy atom. The van der Waals surface area contributed by atoms with Gasteiger partial charge in [0.2, 0.25) is 0 Å². The Hall–Kier alpha value is -2.13. The van der Waals surface area contributed by atoms with Crippen molar-refractivity contribution < 1.29 is 4.79 Å². The van der Waals surface area contributed by atoms with Crippen LogP contribution in [0.1, 0.15) is 30.6 Å². The summed E-state index contributed by atoms with van der Waals surface area (Å²) >= 11 is 0. The van der Waals surface area contributed by atoms with Gasteiger partial charge >= 0.3 is 0 Å². The fourth-order valence-corrected chi connectivity index (χ4v) is 1.57. The van der Waals surface area contributed by atoms with E-state index in [2.05, 4.69) is 10.4 Å². The molecular formula is C12H17N5O. The summed E-state index contributed by atoms with van der Waals surface area (Å²) < 4.78 is 0. The second-order valence-corrected chi connectivity index (χ2v) is 4.07. The molecule has 0 unspecified atom stereocenters. The summed E-state index contributed by atoms with van der Waals surface area (Å²) in [6.45, 7) is 4.25. The first-order valence-corrected chi connectivity index (χ1v) is 5.70. The van der Waals surface area contributed by atoms with Gasteiger partial charge in [0, 0.05) is 24.3 Å². The van der Waals surface area contributed by atoms with Crippen molar-refractivity contribution in [2.24, 2.45) is 5.84 Å². The van der Waals surface area contributed by atoms with E-state index in [1.54, 1.807) is 17.0 Å². The largest absolute Gasteiger partial charge is 0.335 e. The number of rotatable bonds is 5. The van der Waals surface area contributed by atoms with Gasteiger partial charge in [0.05, 0.1) is 12.5 Å². The normalized spacial score (nSPS) is 9.94. The van der Waals surface area contributed by atoms with Crippen LogP contribution < -0.4 is 11.3 Å². The van der Waals surface area contributed by atoms with E-state index >= 15 is 0 Å². The van der Waals surface area contributed by atoms with Crippen molar-refractivity contribution in [2.75, 3.05) is 12.0 Å². The van der Waals surface area contributed by atoms with E-state index in [1.807, 2.05) is 19.9 Å². The SMILES string of the molecule is CC(C)N(CCC#N)C(=O)c1ccnc(NN)c1. The van der Waals surface area contributed by atoms with Crippen molar-refractivity contribution in [1.29, 1.82) is 5.26 Å². The molecule has 1 rings (SSSR count). The van der Waals surface area contributed by atoms with Crippen LogP contribution in [0.5, 0.6) is 0 Å². The van der Waals surface area contributed by atoms with Crippen LogP contribution in [0.2, 0.25) is 0 Å². The number of carbonyl (C=O) groups excluding carboxylic acids is 1. The number of hydrogen-bond acceptors (Lipinski definition) is 5. The maximum Gasteiger partial charge on any atom is 0.254 e. The lowest BCUT2D eigenvalue weighted by Crippen LogP contribution is -2.37. The maximum atomic E-state index is 12.3. The van der Waals surface area contributed by atoms with Gasteiger partial charge in [-0.25, -0.2) is 10.8 Å². The molecule has 0 bridgehead atoms. The number of nitriles is 1. The predicted molar refractivity (Wildman–Crippen MR) is 68.4 cm³/mol. The molecule has 0 radical (unpaired) electrons. The van der Waals surface area contributed by atoms with Crippen molar-refractivity contribution in [3.8, 4) is 6.07 Å². The Bertz CT molecular complexity index is 452. The molecular weight excluding hydrogens is 230 g/mol. The third-order valence-electron chi connectivity index (χ3n) is 2.50. The van der Waals surface area contributed by atoms with Gasteiger partial charge in [-0.2, -0.15) is 5.26 Å². The number of nitrogens with two attached hydrogens (primary N) is 1. The third kappa shape index (κ3) is 3.43. The molecule has 1 aromatic heterocycles. The van der Waals surface area contributed by atoms with Gasteiger partial charge < -0.3 is 10.3 Å². The Morgan fingerprint density at radius 2 is 2.39 bits per heavy atom. The highest BCUT2D eigenvalue weighted by Crippen LogP contribution is 2.11. The van der Waals surface area contributed by atoms with Crippen LogP contribution in [0.25, 0.3) is 0 Å². The number of aromatic nitrogens is 1. The zero-order valence-electron chi connectivity index (χ0n) is 10.6. The lowest BCUT2D eigenvalue weighted by atomic mass is 10.2. The summed E-state index contributed by atoms with van der Waals surface area (Å²) in [5, 5.41) is 8.61. The van der Waals surface area contributed by atoms with Crippen LogP contribution in [-0.4, -0.2) is 28.4 Å². The average molecular weight is 247 g/mol. The van der Waals surface area contributed by atoms with E-state index in [-0.39, 0.29) is 11.9 Å². The van der Waals surface area contributed by atoms with Crippen LogP contribution in [0.3, 0.4) is 0 Å². The lowest BCUT2D eigenvalue weighted by molar-refractivity contribution is 0.0710. The quantitative estimate of drug-likeness (QED) is 0.600. The van der Waals surface area contributed by atoms with E-state index in [0.29, 0.717) is 24.3 Å². The molecule has 0 atom stereocenters. The Morgan fingerprint density at radius 3 is 2.94 bits per heavy atom. The van der Waals surface area contributed by atoms with Crippen LogP contribution in [-0.2, 0) is 0 Å². The molecule has 18 heavy (non-hydrogen) atoms. The number of carbonyl (C=O) groups is 1. The second-order valence-electron chi connectivity index (χ2n) is 4.07. The van der Waals surface area contributed by atoms with Gasteiger partial charge in [0.25, 0.3) is 5.91 Å². The summed E-state index contributed by atoms with van der Waals surface area (Å²) in [5.41, 5.74) is 2.90. The Kier molecular flexibility index (Phi) is 5.08. The maximum absolute atomic E-state index is 12.3. The number of amides is 1. The number of pyridine rings is 1. The zero-order valence-corrected chi connectivity index (χ0v) is 10.6. The number of nitrogens with one attached hydrogen (secondary N) is 1. The van der Waals surface area contributed by atoms with Crippen molar-refractivity contribution in [3.05, 3.63) is 23.9 Å². The van der Waals surface area contributed by atoms with E-state index < -0.39 is 0 Å². The number of anilines is 1. The van der Waals surface area contributed by atoms with E-state index in [9.17, 15) is 4.79 Å². The summed E-state index contributed by atoms with van der Waals surface area (Å²) in [7, 11) is 0. The molecule has 0 aliphatic rings. The fourth-order valence-electron chi connectivity index (χ4n) is 1.57. The Balaban J connectivity index is 2.91. The molecule has 1 heterocycles. The van der Waals surface area contributed by atoms with Gasteiger partial charge in [-0.05, 0) is 26.0 Å². The molecule has 3 N–H and O–H groups in total. The third-order valence-corrected chi connectivity index (χ3v) is 2.50. The number of nitrogens with zero attached hydrogens (tertiary/aromatic N) is 3. The number of nitrogen functional groups attached to an aromatic ring is 1. The first-order valence-electron chi connectivity index (χ1n) is 5.70. The topological polar surface area (TPSA) is 95.0 Å². The number of hydrogen-bond donors (Lipinski definition) is 2. The first kappa shape index (κ1) is 13.9. The molecule has 96 valence electrons. The molecule has 0 aliphatic heterocycles. The minimum Gasteiger partial charge on any atom is -0.335 e. The summed E-state index contributed by atoms with van der Waals surface area (Å²) in [5.74, 6) is 5.56. The van der Waals surface area contributed by atoms with E-state index in [0.717, 1.165) is 0 Å². The molecule has 6 heteroatoms. The molecule has 1 aromatic rings. The summed E-state index contributed by atoms with van der Waals surface area (Å²) in [4.78, 5) is 17.9. The molecule has 0 spiro atoms. The van der Waals surface area contributed by atoms with Crippen LogP contribution in [0.15, 0.2) is 18.3 Å². The molecule has 0 saturated carbocycles. The molecule has 0 saturated heterocycles. The predicted octanol–water partition coefficient (Wildman–Crippen LogP) is 1.13. The summed E-state index contributed by atoms with van der Waals surface area (Å²) in [6, 6.07) is 5.30. The number of hydrazine groups is 1. The molecule has 0 aliphatic carbocycles. The molecule has 0 fully saturated rings. The van der Waals surface area contributed by atoms with Crippen LogP contribution in [0.4, 0.5) is 5.82 Å². The van der Waals surface area contributed by atoms with Crippen LogP contribution in [0, 0.1) is 11.3 Å². The van der Waals surface area contributed by atoms with E-state index in [1.165, 1.54) is 6.20 Å². The highest BCUT2D eigenvalue weighted by atomic mass is 16.2. The lowest BCUT2D eigenvalue weighted by Gasteiger charge is -2.26. The van der Waals surface area contributed by atoms with Crippen molar-refractivity contribution >= 4 is 11.7 Å². The minimum absolute atomic E-state index is 0.0355. The fraction of sp³-hybridized carbons (Fsp3) is 0.417. The van der Waals surface area contributed by atoms with Crippen molar-refractivity contribution in [1.82, 2.24) is 9.88 Å². The summed E-state index contributed by atoms with van der Waals surface area (Å²) in [6.07, 6.45) is 1.84. The first-order chi connectivity index (χ1) is 8.60. The second kappa shape index (κ2) is 6.57.